The van der Waals surface area contributed by atoms with Gasteiger partial charge in [0.1, 0.15) is 11.6 Å². The van der Waals surface area contributed by atoms with Crippen LogP contribution in [0.1, 0.15) is 28.0 Å². The molecule has 4 unspecified atom stereocenters. The average Bonchev–Trinajstić information content (AvgIpc) is 2.91. The fourth-order valence-electron chi connectivity index (χ4n) is 6.82. The van der Waals surface area contributed by atoms with Crippen LogP contribution in [0, 0.1) is 23.7 Å². The molecule has 16 heteroatoms. The Balaban J connectivity index is 1.60. The number of primary amides is 1. The number of alkyl halides is 3. The van der Waals surface area contributed by atoms with Gasteiger partial charge in [0, 0.05) is 25.7 Å². The molecule has 1 amide bonds. The molecule has 1 heterocycles. The molecule has 5 N–H and O–H groups in total. The number of phenolic OH excluding ortho intramolecular Hbond substituents is 1. The maximum atomic E-state index is 14.1. The first-order valence-electron chi connectivity index (χ1n) is 13.5. The predicted molar refractivity (Wildman–Crippen MR) is 146 cm³/mol. The van der Waals surface area contributed by atoms with Gasteiger partial charge in [-0.2, -0.15) is 13.2 Å². The van der Waals surface area contributed by atoms with Crippen molar-refractivity contribution in [2.45, 2.75) is 30.7 Å². The molecule has 3 aliphatic carbocycles. The number of ketones is 4. The van der Waals surface area contributed by atoms with E-state index in [2.05, 4.69) is 15.3 Å². The number of rotatable bonds is 5. The monoisotopic (exact) mass is 618 g/mol. The van der Waals surface area contributed by atoms with E-state index in [1.165, 1.54) is 25.1 Å². The molecule has 0 saturated heterocycles. The molecule has 2 fully saturated rings. The zero-order valence-corrected chi connectivity index (χ0v) is 24.0. The van der Waals surface area contributed by atoms with E-state index in [-0.39, 0.29) is 29.9 Å². The van der Waals surface area contributed by atoms with Crippen LogP contribution >= 0.6 is 0 Å². The van der Waals surface area contributed by atoms with Crippen molar-refractivity contribution in [2.24, 2.45) is 29.4 Å². The Morgan fingerprint density at radius 1 is 1.09 bits per heavy atom. The zero-order chi connectivity index (χ0) is 32.6. The molecular formula is C28H29F3N6O7. The van der Waals surface area contributed by atoms with Gasteiger partial charge >= 0.3 is 6.18 Å². The maximum Gasteiger partial charge on any atom is 0.434 e. The lowest BCUT2D eigenvalue weighted by molar-refractivity contribution is -0.181. The Labute approximate surface area is 248 Å². The number of nitrogens with zero attached hydrogens (tertiary/aromatic N) is 4. The van der Waals surface area contributed by atoms with Crippen LogP contribution in [-0.4, -0.2) is 94.0 Å². The Morgan fingerprint density at radius 3 is 2.27 bits per heavy atom. The predicted octanol–water partition coefficient (Wildman–Crippen LogP) is 0.485. The Kier molecular flexibility index (Phi) is 7.28. The van der Waals surface area contributed by atoms with E-state index in [0.717, 1.165) is 6.20 Å². The van der Waals surface area contributed by atoms with Gasteiger partial charge in [-0.3, -0.25) is 28.9 Å². The number of fused-ring (bicyclic) bond motifs is 3. The summed E-state index contributed by atoms with van der Waals surface area (Å²) >= 11 is 0. The first-order chi connectivity index (χ1) is 20.4. The van der Waals surface area contributed by atoms with E-state index < -0.39 is 82.0 Å². The molecule has 13 nitrogen and oxygen atoms in total. The molecule has 2 saturated carbocycles. The minimum absolute atomic E-state index is 0.0350. The number of amides is 1. The van der Waals surface area contributed by atoms with Crippen molar-refractivity contribution in [3.63, 3.8) is 0 Å². The average molecular weight is 619 g/mol. The quantitative estimate of drug-likeness (QED) is 0.268. The summed E-state index contributed by atoms with van der Waals surface area (Å²) in [6.45, 7) is 0. The van der Waals surface area contributed by atoms with Crippen LogP contribution in [0.15, 0.2) is 18.5 Å². The fourth-order valence-corrected chi connectivity index (χ4v) is 6.82. The third kappa shape index (κ3) is 4.51. The van der Waals surface area contributed by atoms with Gasteiger partial charge in [0.15, 0.2) is 40.3 Å². The van der Waals surface area contributed by atoms with Crippen molar-refractivity contribution in [2.75, 3.05) is 38.4 Å². The summed E-state index contributed by atoms with van der Waals surface area (Å²) in [5, 5.41) is 25.6. The maximum absolute atomic E-state index is 14.1. The van der Waals surface area contributed by atoms with E-state index >= 15 is 0 Å². The van der Waals surface area contributed by atoms with E-state index in [1.54, 1.807) is 19.0 Å². The summed E-state index contributed by atoms with van der Waals surface area (Å²) in [5.74, 6) is -12.2. The van der Waals surface area contributed by atoms with Crippen molar-refractivity contribution in [1.29, 1.82) is 0 Å². The van der Waals surface area contributed by atoms with Crippen molar-refractivity contribution >= 4 is 46.2 Å². The third-order valence-corrected chi connectivity index (χ3v) is 8.72. The van der Waals surface area contributed by atoms with Gasteiger partial charge in [0.2, 0.25) is 5.91 Å². The molecule has 2 aromatic rings. The number of carbonyl (C=O) groups excluding carboxylic acids is 5. The van der Waals surface area contributed by atoms with Gasteiger partial charge in [-0.05, 0) is 44.5 Å². The smallest absolute Gasteiger partial charge is 0.434 e. The molecule has 6 atom stereocenters. The second kappa shape index (κ2) is 10.3. The minimum Gasteiger partial charge on any atom is -0.505 e. The summed E-state index contributed by atoms with van der Waals surface area (Å²) in [6.07, 6.45) is -3.52. The highest BCUT2D eigenvalue weighted by atomic mass is 19.4. The highest BCUT2D eigenvalue weighted by Gasteiger charge is 2.69. The summed E-state index contributed by atoms with van der Waals surface area (Å²) in [6, 6.07) is 0.227. The first kappa shape index (κ1) is 31.0. The molecular weight excluding hydrogens is 589 g/mol. The number of nitrogens with one attached hydrogen (secondary N) is 1. The number of phenols is 1. The summed E-state index contributed by atoms with van der Waals surface area (Å²) in [7, 11) is 6.29. The number of anilines is 3. The minimum atomic E-state index is -4.73. The van der Waals surface area contributed by atoms with Crippen LogP contribution in [-0.2, 0) is 31.8 Å². The van der Waals surface area contributed by atoms with Crippen molar-refractivity contribution in [3.8, 4) is 5.75 Å². The van der Waals surface area contributed by atoms with Gasteiger partial charge in [-0.15, -0.1) is 0 Å². The second-order valence-electron chi connectivity index (χ2n) is 11.7. The number of aromatic hydroxyl groups is 1. The second-order valence-corrected chi connectivity index (χ2v) is 11.7. The van der Waals surface area contributed by atoms with E-state index in [0.29, 0.717) is 17.4 Å². The van der Waals surface area contributed by atoms with Gasteiger partial charge in [-0.1, -0.05) is 0 Å². The molecule has 3 aliphatic rings. The number of halogens is 3. The topological polar surface area (TPSA) is 196 Å². The number of likely N-dealkylation sites (N-methyl/N-ethyl adjacent to an activating group) is 1. The molecule has 0 aliphatic heterocycles. The summed E-state index contributed by atoms with van der Waals surface area (Å²) < 4.78 is 38.8. The number of Topliss-reactive ketones (excluding diaryl/α,β-unsaturated/α-hetero) is 4. The van der Waals surface area contributed by atoms with Gasteiger partial charge in [0.05, 0.1) is 35.6 Å². The van der Waals surface area contributed by atoms with Crippen molar-refractivity contribution < 1.29 is 47.4 Å². The Morgan fingerprint density at radius 2 is 1.75 bits per heavy atom. The van der Waals surface area contributed by atoms with Crippen LogP contribution in [0.2, 0.25) is 0 Å². The Hall–Kier alpha value is -4.44. The van der Waals surface area contributed by atoms with Crippen LogP contribution in [0.5, 0.6) is 5.75 Å². The number of nitrogens with two attached hydrogens (primary N) is 1. The molecule has 1 aromatic heterocycles. The SMILES string of the molecule is CN(C)c1cc(Nc2cnc(C(F)(F)F)cn2)c(O)c2c1CC1CC3[C@H](N(C)C)C(=O)C(C(N)=O)C(=O)[C@@]3(O)C(=O)C1C2=O. The van der Waals surface area contributed by atoms with E-state index in [1.807, 2.05) is 0 Å². The fraction of sp³-hybridized carbons (Fsp3) is 0.464. The number of hydrogen-bond acceptors (Lipinski definition) is 12. The molecule has 44 heavy (non-hydrogen) atoms. The molecule has 0 radical (unpaired) electrons. The lowest BCUT2D eigenvalue weighted by atomic mass is 9.52. The van der Waals surface area contributed by atoms with Crippen LogP contribution < -0.4 is 16.0 Å². The number of carbonyl (C=O) groups is 5. The van der Waals surface area contributed by atoms with Crippen LogP contribution in [0.3, 0.4) is 0 Å². The molecule has 0 spiro atoms. The number of benzene rings is 1. The molecule has 5 rings (SSSR count). The van der Waals surface area contributed by atoms with Gasteiger partial charge < -0.3 is 26.2 Å². The number of hydrogen-bond donors (Lipinski definition) is 4. The summed E-state index contributed by atoms with van der Waals surface area (Å²) in [4.78, 5) is 76.9. The van der Waals surface area contributed by atoms with E-state index in [4.69, 9.17) is 5.73 Å². The van der Waals surface area contributed by atoms with Gasteiger partial charge in [0.25, 0.3) is 0 Å². The normalized spacial score (nSPS) is 28.3. The summed E-state index contributed by atoms with van der Waals surface area (Å²) in [5.41, 5.74) is 1.58. The number of aromatic nitrogens is 2. The van der Waals surface area contributed by atoms with Crippen molar-refractivity contribution in [1.82, 2.24) is 14.9 Å². The molecule has 234 valence electrons. The van der Waals surface area contributed by atoms with E-state index in [9.17, 15) is 47.4 Å². The molecule has 0 bridgehead atoms. The standard InChI is InChI=1S/C28H29F3N6O7/c1-36(2)14-7-13(35-16-9-33-15(8-34-16)28(29,30)31)21(38)18-11(14)5-10-6-12-20(37(3)4)23(40)19(26(32)43)25(42)27(12,44)24(41)17(10)22(18)39/h7-10,12,17,19-20,38,44H,5-6H2,1-4H3,(H2,32,43)(H,34,35)/t10?,12?,17?,19?,20-,27-/m0/s1. The lowest BCUT2D eigenvalue weighted by Gasteiger charge is -2.52. The Bertz CT molecular complexity index is 1610. The lowest BCUT2D eigenvalue weighted by Crippen LogP contribution is -2.74. The zero-order valence-electron chi connectivity index (χ0n) is 24.0. The first-order valence-corrected chi connectivity index (χ1v) is 13.5. The molecule has 1 aromatic carbocycles. The third-order valence-electron chi connectivity index (χ3n) is 8.72. The highest BCUT2D eigenvalue weighted by molar-refractivity contribution is 6.32. The highest BCUT2D eigenvalue weighted by Crippen LogP contribution is 2.53. The van der Waals surface area contributed by atoms with Crippen molar-refractivity contribution in [3.05, 3.63) is 35.3 Å². The van der Waals surface area contributed by atoms with Gasteiger partial charge in [-0.25, -0.2) is 9.97 Å². The number of aliphatic hydroxyl groups is 1. The van der Waals surface area contributed by atoms with Crippen LogP contribution in [0.4, 0.5) is 30.4 Å². The van der Waals surface area contributed by atoms with Crippen LogP contribution in [0.25, 0.3) is 0 Å². The largest absolute Gasteiger partial charge is 0.505 e.